The maximum atomic E-state index is 11.9. The van der Waals surface area contributed by atoms with Crippen LogP contribution in [0.5, 0.6) is 0 Å². The van der Waals surface area contributed by atoms with Crippen molar-refractivity contribution in [1.29, 1.82) is 0 Å². The number of nitrogens with zero attached hydrogens (tertiary/aromatic N) is 1. The number of hydrogen-bond donors (Lipinski definition) is 2. The zero-order chi connectivity index (χ0) is 15.9. The van der Waals surface area contributed by atoms with Crippen LogP contribution in [0.1, 0.15) is 35.8 Å². The van der Waals surface area contributed by atoms with Gasteiger partial charge >= 0.3 is 0 Å². The van der Waals surface area contributed by atoms with E-state index in [2.05, 4.69) is 42.1 Å². The van der Waals surface area contributed by atoms with Crippen molar-refractivity contribution in [3.05, 3.63) is 66.5 Å². The van der Waals surface area contributed by atoms with Crippen molar-refractivity contribution in [2.24, 2.45) is 0 Å². The van der Waals surface area contributed by atoms with E-state index in [1.165, 1.54) is 5.56 Å². The summed E-state index contributed by atoms with van der Waals surface area (Å²) in [6.45, 7) is 8.31. The second kappa shape index (κ2) is 7.41. The van der Waals surface area contributed by atoms with Crippen LogP contribution in [-0.4, -0.2) is 17.4 Å². The van der Waals surface area contributed by atoms with Crippen molar-refractivity contribution >= 4 is 17.3 Å². The molecule has 2 N–H and O–H groups in total. The van der Waals surface area contributed by atoms with E-state index in [-0.39, 0.29) is 5.91 Å². The van der Waals surface area contributed by atoms with Crippen LogP contribution < -0.4 is 10.6 Å². The number of carbonyl (C=O) groups is 1. The number of rotatable bonds is 6. The predicted molar refractivity (Wildman–Crippen MR) is 90.6 cm³/mol. The van der Waals surface area contributed by atoms with Gasteiger partial charge in [0.15, 0.2) is 0 Å². The van der Waals surface area contributed by atoms with E-state index in [0.717, 1.165) is 11.4 Å². The number of carbonyl (C=O) groups excluding carboxylic acids is 1. The lowest BCUT2D eigenvalue weighted by atomic mass is 10.0. The minimum absolute atomic E-state index is 0.208. The molecule has 0 aliphatic heterocycles. The fourth-order valence-corrected chi connectivity index (χ4v) is 2.16. The van der Waals surface area contributed by atoms with Gasteiger partial charge in [-0.2, -0.15) is 0 Å². The molecule has 0 aliphatic rings. The van der Waals surface area contributed by atoms with Crippen molar-refractivity contribution in [2.75, 3.05) is 11.9 Å². The van der Waals surface area contributed by atoms with Crippen molar-refractivity contribution in [2.45, 2.75) is 19.8 Å². The van der Waals surface area contributed by atoms with Crippen LogP contribution in [0.25, 0.3) is 0 Å². The predicted octanol–water partition coefficient (Wildman–Crippen LogP) is 3.86. The summed E-state index contributed by atoms with van der Waals surface area (Å²) in [5.41, 5.74) is 3.50. The summed E-state index contributed by atoms with van der Waals surface area (Å²) in [7, 11) is 0. The molecule has 0 bridgehead atoms. The molecule has 1 amide bonds. The number of nitrogens with one attached hydrogen (secondary N) is 2. The van der Waals surface area contributed by atoms with Crippen molar-refractivity contribution in [3.63, 3.8) is 0 Å². The van der Waals surface area contributed by atoms with Gasteiger partial charge in [0.2, 0.25) is 0 Å². The lowest BCUT2D eigenvalue weighted by Crippen LogP contribution is -2.24. The SMILES string of the molecule is C=CCNC(=O)c1cc(Nc2ccccc2C(C)C)ccn1. The summed E-state index contributed by atoms with van der Waals surface area (Å²) in [5, 5.41) is 6.09. The highest BCUT2D eigenvalue weighted by molar-refractivity contribution is 5.93. The van der Waals surface area contributed by atoms with Gasteiger partial charge in [-0.15, -0.1) is 6.58 Å². The molecule has 1 aromatic heterocycles. The molecule has 0 radical (unpaired) electrons. The van der Waals surface area contributed by atoms with Crippen LogP contribution in [-0.2, 0) is 0 Å². The number of amides is 1. The molecule has 1 heterocycles. The summed E-state index contributed by atoms with van der Waals surface area (Å²) in [4.78, 5) is 16.0. The van der Waals surface area contributed by atoms with Gasteiger partial charge in [0, 0.05) is 24.1 Å². The first kappa shape index (κ1) is 15.8. The first-order valence-electron chi connectivity index (χ1n) is 7.33. The molecule has 0 atom stereocenters. The monoisotopic (exact) mass is 295 g/mol. The number of anilines is 2. The van der Waals surface area contributed by atoms with Crippen molar-refractivity contribution in [1.82, 2.24) is 10.3 Å². The van der Waals surface area contributed by atoms with Gasteiger partial charge in [0.05, 0.1) is 0 Å². The zero-order valence-electron chi connectivity index (χ0n) is 13.0. The van der Waals surface area contributed by atoms with Crippen LogP contribution in [0, 0.1) is 0 Å². The molecule has 0 spiro atoms. The van der Waals surface area contributed by atoms with Crippen LogP contribution in [0.4, 0.5) is 11.4 Å². The third-order valence-electron chi connectivity index (χ3n) is 3.26. The van der Waals surface area contributed by atoms with Crippen LogP contribution >= 0.6 is 0 Å². The lowest BCUT2D eigenvalue weighted by Gasteiger charge is -2.14. The fourth-order valence-electron chi connectivity index (χ4n) is 2.16. The number of aromatic nitrogens is 1. The summed E-state index contributed by atoms with van der Waals surface area (Å²) >= 11 is 0. The topological polar surface area (TPSA) is 54.0 Å². The minimum atomic E-state index is -0.208. The number of benzene rings is 1. The molecule has 1 aromatic carbocycles. The van der Waals surface area contributed by atoms with Gasteiger partial charge in [0.1, 0.15) is 5.69 Å². The molecule has 0 aliphatic carbocycles. The summed E-state index contributed by atoms with van der Waals surface area (Å²) < 4.78 is 0. The van der Waals surface area contributed by atoms with Crippen molar-refractivity contribution in [3.8, 4) is 0 Å². The minimum Gasteiger partial charge on any atom is -0.355 e. The average molecular weight is 295 g/mol. The Hall–Kier alpha value is -2.62. The maximum Gasteiger partial charge on any atom is 0.270 e. The molecule has 0 unspecified atom stereocenters. The Morgan fingerprint density at radius 1 is 1.32 bits per heavy atom. The van der Waals surface area contributed by atoms with Gasteiger partial charge in [0.25, 0.3) is 5.91 Å². The zero-order valence-corrected chi connectivity index (χ0v) is 13.0. The molecule has 4 nitrogen and oxygen atoms in total. The summed E-state index contributed by atoms with van der Waals surface area (Å²) in [6, 6.07) is 11.8. The van der Waals surface area contributed by atoms with Gasteiger partial charge < -0.3 is 10.6 Å². The molecule has 2 rings (SSSR count). The van der Waals surface area contributed by atoms with Gasteiger partial charge in [-0.05, 0) is 29.7 Å². The highest BCUT2D eigenvalue weighted by Gasteiger charge is 2.09. The third kappa shape index (κ3) is 3.95. The van der Waals surface area contributed by atoms with Crippen LogP contribution in [0.2, 0.25) is 0 Å². The quantitative estimate of drug-likeness (QED) is 0.796. The number of para-hydroxylation sites is 1. The second-order valence-corrected chi connectivity index (χ2v) is 5.30. The maximum absolute atomic E-state index is 11.9. The highest BCUT2D eigenvalue weighted by Crippen LogP contribution is 2.26. The molecule has 4 heteroatoms. The Labute approximate surface area is 131 Å². The molecule has 2 aromatic rings. The van der Waals surface area contributed by atoms with E-state index in [1.807, 2.05) is 24.3 Å². The van der Waals surface area contributed by atoms with Crippen LogP contribution in [0.3, 0.4) is 0 Å². The Bertz CT molecular complexity index is 665. The Morgan fingerprint density at radius 2 is 2.09 bits per heavy atom. The first-order chi connectivity index (χ1) is 10.6. The van der Waals surface area contributed by atoms with Gasteiger partial charge in [-0.25, -0.2) is 0 Å². The second-order valence-electron chi connectivity index (χ2n) is 5.30. The highest BCUT2D eigenvalue weighted by atomic mass is 16.1. The average Bonchev–Trinajstić information content (AvgIpc) is 2.53. The van der Waals surface area contributed by atoms with E-state index in [0.29, 0.717) is 18.2 Å². The molecule has 0 fully saturated rings. The molecule has 0 saturated carbocycles. The molecule has 0 saturated heterocycles. The standard InChI is InChI=1S/C18H21N3O/c1-4-10-20-18(22)17-12-14(9-11-19-17)21-16-8-6-5-7-15(16)13(2)3/h4-9,11-13H,1,10H2,2-3H3,(H,19,21)(H,20,22). The fraction of sp³-hybridized carbons (Fsp3) is 0.222. The Balaban J connectivity index is 2.21. The van der Waals surface area contributed by atoms with Crippen molar-refractivity contribution < 1.29 is 4.79 Å². The smallest absolute Gasteiger partial charge is 0.270 e. The Kier molecular flexibility index (Phi) is 5.31. The molecule has 114 valence electrons. The number of pyridine rings is 1. The van der Waals surface area contributed by atoms with Gasteiger partial charge in [-0.3, -0.25) is 9.78 Å². The van der Waals surface area contributed by atoms with Gasteiger partial charge in [-0.1, -0.05) is 38.1 Å². The lowest BCUT2D eigenvalue weighted by molar-refractivity contribution is 0.0953. The molecular formula is C18H21N3O. The normalized spacial score (nSPS) is 10.3. The van der Waals surface area contributed by atoms with E-state index in [1.54, 1.807) is 18.3 Å². The molecule has 22 heavy (non-hydrogen) atoms. The van der Waals surface area contributed by atoms with E-state index in [4.69, 9.17) is 0 Å². The van der Waals surface area contributed by atoms with E-state index in [9.17, 15) is 4.79 Å². The first-order valence-corrected chi connectivity index (χ1v) is 7.33. The Morgan fingerprint density at radius 3 is 2.82 bits per heavy atom. The summed E-state index contributed by atoms with van der Waals surface area (Å²) in [6.07, 6.45) is 3.27. The van der Waals surface area contributed by atoms with Crippen LogP contribution in [0.15, 0.2) is 55.3 Å². The largest absolute Gasteiger partial charge is 0.355 e. The third-order valence-corrected chi connectivity index (χ3v) is 3.26. The summed E-state index contributed by atoms with van der Waals surface area (Å²) in [5.74, 6) is 0.210. The van der Waals surface area contributed by atoms with E-state index < -0.39 is 0 Å². The number of hydrogen-bond acceptors (Lipinski definition) is 3. The van der Waals surface area contributed by atoms with E-state index >= 15 is 0 Å². The molecular weight excluding hydrogens is 274 g/mol.